The molecular weight excluding hydrogens is 1190 g/mol. The molecule has 0 saturated carbocycles. The largest absolute Gasteiger partial charge is 0.447 e. The minimum Gasteiger partial charge on any atom is -0.447 e. The molecule has 6 amide bonds. The number of aryl methyl sites for hydroxylation is 1. The second-order valence-electron chi connectivity index (χ2n) is 19.8. The minimum absolute atomic E-state index is 0.00686. The molecule has 8 heterocycles. The smallest absolute Gasteiger partial charge is 0.412 e. The summed E-state index contributed by atoms with van der Waals surface area (Å²) in [4.78, 5) is 117. The van der Waals surface area contributed by atoms with E-state index >= 15 is 0 Å². The minimum atomic E-state index is -1.39. The zero-order chi connectivity index (χ0) is 59.4. The topological polar surface area (TPSA) is 364 Å². The van der Waals surface area contributed by atoms with Gasteiger partial charge in [0, 0.05) is 51.7 Å². The molecule has 25 nitrogen and oxygen atoms in total. The van der Waals surface area contributed by atoms with Gasteiger partial charge in [0.15, 0.2) is 0 Å². The first kappa shape index (κ1) is 60.2. The number of nitrogens with zero attached hydrogens (tertiary/aromatic N) is 9. The van der Waals surface area contributed by atoms with Crippen LogP contribution in [0.1, 0.15) is 120 Å². The van der Waals surface area contributed by atoms with Crippen molar-refractivity contribution in [3.8, 4) is 43.4 Å². The molecule has 9 rings (SSSR count). The van der Waals surface area contributed by atoms with Gasteiger partial charge < -0.3 is 36.3 Å². The van der Waals surface area contributed by atoms with Crippen molar-refractivity contribution in [2.75, 3.05) is 32.6 Å². The van der Waals surface area contributed by atoms with Crippen LogP contribution in [0, 0.1) is 12.8 Å². The van der Waals surface area contributed by atoms with Gasteiger partial charge in [-0.05, 0) is 44.4 Å². The molecule has 434 valence electrons. The maximum absolute atomic E-state index is 14.5. The van der Waals surface area contributed by atoms with E-state index in [1.807, 2.05) is 13.8 Å². The first-order valence-corrected chi connectivity index (χ1v) is 30.5. The number of carbonyl (C=O) groups is 6. The summed E-state index contributed by atoms with van der Waals surface area (Å²) in [5, 5.41) is 33.1. The first-order chi connectivity index (χ1) is 39.6. The summed E-state index contributed by atoms with van der Waals surface area (Å²) in [6, 6.07) is 8.87. The van der Waals surface area contributed by atoms with Crippen molar-refractivity contribution in [2.24, 2.45) is 23.3 Å². The van der Waals surface area contributed by atoms with Gasteiger partial charge in [-0.15, -0.1) is 68.0 Å². The molecule has 0 unspecified atom stereocenters. The van der Waals surface area contributed by atoms with Crippen LogP contribution in [-0.2, 0) is 25.7 Å². The fourth-order valence-electron chi connectivity index (χ4n) is 8.29. The number of pyridine rings is 1. The Labute approximate surface area is 498 Å². The normalized spacial score (nSPS) is 16.8. The number of rotatable bonds is 11. The highest BCUT2D eigenvalue weighted by molar-refractivity contribution is 7.15. The molecule has 11 N–H and O–H groups in total. The van der Waals surface area contributed by atoms with E-state index in [1.54, 1.807) is 79.4 Å². The zero-order valence-electron chi connectivity index (χ0n) is 45.5. The van der Waals surface area contributed by atoms with Crippen molar-refractivity contribution in [1.29, 1.82) is 0 Å². The maximum Gasteiger partial charge on any atom is 0.412 e. The van der Waals surface area contributed by atoms with Crippen LogP contribution in [0.5, 0.6) is 0 Å². The zero-order valence-corrected chi connectivity index (χ0v) is 50.4. The second-order valence-corrected chi connectivity index (χ2v) is 25.6. The summed E-state index contributed by atoms with van der Waals surface area (Å²) in [6.45, 7) is 8.15. The average molecular weight is 1240 g/mol. The van der Waals surface area contributed by atoms with E-state index in [1.165, 1.54) is 42.2 Å². The van der Waals surface area contributed by atoms with Gasteiger partial charge in [0.2, 0.25) is 5.91 Å². The Hall–Kier alpha value is -7.43. The van der Waals surface area contributed by atoms with Crippen LogP contribution < -0.4 is 38.7 Å². The monoisotopic (exact) mass is 1240 g/mol. The number of aromatic nitrogens is 7. The van der Waals surface area contributed by atoms with Crippen LogP contribution in [0.25, 0.3) is 43.4 Å². The highest BCUT2D eigenvalue weighted by atomic mass is 32.1. The molecule has 0 aliphatic carbocycles. The van der Waals surface area contributed by atoms with Gasteiger partial charge in [0.25, 0.3) is 23.6 Å². The maximum atomic E-state index is 14.5. The number of nitrogens with one attached hydrogen (secondary N) is 4. The number of aliphatic hydroxyl groups excluding tert-OH is 1. The number of nitrogens with two attached hydrogens (primary N) is 3. The number of hydrogen-bond acceptors (Lipinski definition) is 25. The number of hydrazine groups is 2. The van der Waals surface area contributed by atoms with E-state index < -0.39 is 71.9 Å². The quantitative estimate of drug-likeness (QED) is 0.0489. The van der Waals surface area contributed by atoms with Crippen LogP contribution in [0.15, 0.2) is 64.0 Å². The van der Waals surface area contributed by atoms with Crippen molar-refractivity contribution in [2.45, 2.75) is 77.4 Å². The summed E-state index contributed by atoms with van der Waals surface area (Å²) >= 11 is 6.91. The van der Waals surface area contributed by atoms with E-state index in [2.05, 4.69) is 36.2 Å². The molecule has 1 aliphatic heterocycles. The Bertz CT molecular complexity index is 3700. The van der Waals surface area contributed by atoms with Gasteiger partial charge in [0.1, 0.15) is 94.8 Å². The third kappa shape index (κ3) is 13.7. The van der Waals surface area contributed by atoms with E-state index in [9.17, 15) is 33.9 Å². The summed E-state index contributed by atoms with van der Waals surface area (Å²) in [6.07, 6.45) is -2.46. The third-order valence-corrected chi connectivity index (χ3v) is 18.2. The Morgan fingerprint density at radius 3 is 2.19 bits per heavy atom. The van der Waals surface area contributed by atoms with Gasteiger partial charge >= 0.3 is 6.09 Å². The van der Waals surface area contributed by atoms with Crippen LogP contribution in [0.3, 0.4) is 0 Å². The molecule has 31 heteroatoms. The van der Waals surface area contributed by atoms with E-state index in [-0.39, 0.29) is 58.5 Å². The van der Waals surface area contributed by atoms with Crippen molar-refractivity contribution in [3.05, 3.63) is 111 Å². The highest BCUT2D eigenvalue weighted by Gasteiger charge is 2.36. The predicted molar refractivity (Wildman–Crippen MR) is 316 cm³/mol. The lowest BCUT2D eigenvalue weighted by Crippen LogP contribution is -2.47. The van der Waals surface area contributed by atoms with E-state index in [0.29, 0.717) is 63.7 Å². The predicted octanol–water partition coefficient (Wildman–Crippen LogP) is 6.77. The fourth-order valence-corrected chi connectivity index (χ4v) is 13.9. The van der Waals surface area contributed by atoms with Crippen LogP contribution in [-0.4, -0.2) is 118 Å². The number of thiazole rings is 6. The number of hydrogen-bond donors (Lipinski definition) is 8. The fraction of sp³-hybridized carbons (Fsp3) is 0.327. The lowest BCUT2D eigenvalue weighted by Gasteiger charge is -2.30. The van der Waals surface area contributed by atoms with Crippen molar-refractivity contribution in [1.82, 2.24) is 60.9 Å². The van der Waals surface area contributed by atoms with Crippen LogP contribution in [0.2, 0.25) is 0 Å². The van der Waals surface area contributed by atoms with Crippen LogP contribution in [0.4, 0.5) is 10.6 Å². The third-order valence-electron chi connectivity index (χ3n) is 12.5. The summed E-state index contributed by atoms with van der Waals surface area (Å²) in [5.41, 5.74) is 7.47. The van der Waals surface area contributed by atoms with Crippen LogP contribution >= 0.6 is 68.0 Å². The highest BCUT2D eigenvalue weighted by Crippen LogP contribution is 2.41. The number of amides is 6. The molecule has 4 atom stereocenters. The molecule has 7 aromatic heterocycles. The number of methoxy groups -OCH3 is 1. The van der Waals surface area contributed by atoms with Crippen molar-refractivity contribution in [3.63, 3.8) is 0 Å². The molecule has 0 saturated heterocycles. The van der Waals surface area contributed by atoms with Gasteiger partial charge in [-0.2, -0.15) is 0 Å². The Morgan fingerprint density at radius 2 is 1.47 bits per heavy atom. The number of ether oxygens (including phenoxy) is 2. The average Bonchev–Trinajstić information content (AvgIpc) is 4.54. The van der Waals surface area contributed by atoms with Gasteiger partial charge in [0.05, 0.1) is 36.2 Å². The number of anilines is 1. The summed E-state index contributed by atoms with van der Waals surface area (Å²) < 4.78 is 10.7. The standard InChI is InChI=1S/C52H56N16O9S6/c1-23(2)36-48-66-39(32(83-48)17-76-7)42(72)57-16-35(70)68(55)40(41(71)25-11-9-8-10-12-25)49-60-29(19-80-49)46-59-28(18-79-46)38-26(13-14-27(58-38)45-62-33(21-81-45)63-51(75)77-22-52(4,5)53)44-61-30(20-78-44)50(74)67(54)31(15-34(69)56-6)47-65-37(24(3)82-47)43(73)64-36/h8-14,18-21,23,31,36,40-41,71H,15-17,22,53-55H2,1-7H3,(H,56,69)(H,57,72)(H,63,75)(H,64,73)/t31-,36-,40-,41-/m0/s1. The second kappa shape index (κ2) is 25.6. The lowest BCUT2D eigenvalue weighted by atomic mass is 10.0. The van der Waals surface area contributed by atoms with E-state index in [4.69, 9.17) is 46.8 Å². The molecule has 1 aromatic carbocycles. The summed E-state index contributed by atoms with van der Waals surface area (Å²) in [5.74, 6) is 9.94. The Kier molecular flexibility index (Phi) is 18.6. The van der Waals surface area contributed by atoms with Crippen molar-refractivity contribution >= 4 is 109 Å². The number of benzene rings is 1. The summed E-state index contributed by atoms with van der Waals surface area (Å²) in [7, 11) is 2.89. The van der Waals surface area contributed by atoms with Gasteiger partial charge in [-0.1, -0.05) is 44.2 Å². The number of carbonyl (C=O) groups excluding carboxylic acids is 6. The molecule has 0 spiro atoms. The Balaban J connectivity index is 1.14. The molecule has 10 bridgehead atoms. The van der Waals surface area contributed by atoms with Crippen molar-refractivity contribution < 1.29 is 43.3 Å². The first-order valence-electron chi connectivity index (χ1n) is 25.3. The molecule has 8 aromatic rings. The Morgan fingerprint density at radius 1 is 0.783 bits per heavy atom. The molecule has 1 aliphatic rings. The molecule has 0 radical (unpaired) electrons. The molecular formula is C52H56N16O9S6. The van der Waals surface area contributed by atoms with Gasteiger partial charge in [-0.25, -0.2) is 51.4 Å². The SMILES string of the molecule is CNC(=O)C[C@H]1c2nc(c(C)s2)C(=O)N[C@@H](C(C)C)c2nc(c(COC)s2)C(=O)NCC(=O)N(N)[C@@H]([C@@H](O)c2ccccc2)c2nc(cs2)-c2nc(cs2)-c2nc(-c3nc(NC(=O)OCC(C)(C)N)cs3)ccc2-c2nc(cs2)C(=O)N1N. The number of fused-ring (bicyclic) bond motifs is 14. The molecule has 83 heavy (non-hydrogen) atoms. The van der Waals surface area contributed by atoms with E-state index in [0.717, 1.165) is 55.4 Å². The lowest BCUT2D eigenvalue weighted by molar-refractivity contribution is -0.136. The molecule has 0 fully saturated rings. The number of aliphatic hydroxyl groups is 1. The van der Waals surface area contributed by atoms with Gasteiger partial charge in [-0.3, -0.25) is 39.3 Å².